The summed E-state index contributed by atoms with van der Waals surface area (Å²) in [5, 5.41) is 18.2. The quantitative estimate of drug-likeness (QED) is 0.338. The number of hydrogen-bond donors (Lipinski definition) is 2. The lowest BCUT2D eigenvalue weighted by molar-refractivity contribution is 0.316. The number of aliphatic hydroxyl groups is 1. The first-order valence-electron chi connectivity index (χ1n) is 2.99. The third kappa shape index (κ3) is 7.43. The van der Waals surface area contributed by atoms with Gasteiger partial charge in [0.05, 0.1) is 5.71 Å². The molecule has 0 amide bonds. The first-order chi connectivity index (χ1) is 4.35. The molecule has 3 nitrogen and oxygen atoms in total. The van der Waals surface area contributed by atoms with Crippen LogP contribution in [0, 0.1) is 0 Å². The predicted octanol–water partition coefficient (Wildman–Crippen LogP) is 1.25. The van der Waals surface area contributed by atoms with E-state index in [0.29, 0.717) is 0 Å². The number of nitrogens with zero attached hydrogens (tertiary/aromatic N) is 1. The van der Waals surface area contributed by atoms with E-state index in [4.69, 9.17) is 10.3 Å². The molecule has 0 saturated carbocycles. The first kappa shape index (κ1) is 11.3. The second-order valence-corrected chi connectivity index (χ2v) is 1.37. The number of aliphatic hydroxyl groups excluding tert-OH is 1. The summed E-state index contributed by atoms with van der Waals surface area (Å²) in [6, 6.07) is 0. The molecule has 0 bridgehead atoms. The zero-order chi connectivity index (χ0) is 7.70. The largest absolute Gasteiger partial charge is 0.411 e. The zero-order valence-electron chi connectivity index (χ0n) is 6.26. The minimum atomic E-state index is 0.854. The van der Waals surface area contributed by atoms with Gasteiger partial charge < -0.3 is 10.3 Å². The molecule has 0 radical (unpaired) electrons. The molecule has 0 aromatic carbocycles. The van der Waals surface area contributed by atoms with Crippen molar-refractivity contribution in [2.75, 3.05) is 7.11 Å². The highest BCUT2D eigenvalue weighted by Gasteiger charge is 1.86. The average Bonchev–Trinajstić information content (AvgIpc) is 1.96. The molecule has 0 saturated heterocycles. The third-order valence-corrected chi connectivity index (χ3v) is 0.958. The molecule has 0 aliphatic carbocycles. The number of rotatable bonds is 2. The van der Waals surface area contributed by atoms with E-state index in [0.717, 1.165) is 25.7 Å². The van der Waals surface area contributed by atoms with Crippen LogP contribution in [0.1, 0.15) is 26.7 Å². The third-order valence-electron chi connectivity index (χ3n) is 0.958. The fraction of sp³-hybridized carbons (Fsp3) is 0.833. The van der Waals surface area contributed by atoms with Crippen LogP contribution in [-0.4, -0.2) is 23.1 Å². The zero-order valence-corrected chi connectivity index (χ0v) is 6.26. The monoisotopic (exact) mass is 133 g/mol. The maximum absolute atomic E-state index is 8.11. The maximum atomic E-state index is 8.11. The lowest BCUT2D eigenvalue weighted by Gasteiger charge is -1.89. The molecule has 9 heavy (non-hydrogen) atoms. The van der Waals surface area contributed by atoms with Gasteiger partial charge in [-0.2, -0.15) is 0 Å². The SMILES string of the molecule is CCC(CC)=NO.CO. The Labute approximate surface area is 56.0 Å². The molecule has 3 heteroatoms. The number of oxime groups is 1. The van der Waals surface area contributed by atoms with Gasteiger partial charge in [0.2, 0.25) is 0 Å². The Bertz CT molecular complexity index is 65.5. The highest BCUT2D eigenvalue weighted by molar-refractivity contribution is 5.83. The van der Waals surface area contributed by atoms with E-state index in [1.165, 1.54) is 0 Å². The topological polar surface area (TPSA) is 52.8 Å². The van der Waals surface area contributed by atoms with Crippen LogP contribution in [0.4, 0.5) is 0 Å². The predicted molar refractivity (Wildman–Crippen MR) is 37.9 cm³/mol. The van der Waals surface area contributed by atoms with Gasteiger partial charge in [0.15, 0.2) is 0 Å². The standard InChI is InChI=1S/C5H11NO.CH4O/c1-3-5(4-2)6-7;1-2/h7H,3-4H2,1-2H3;2H,1H3. The van der Waals surface area contributed by atoms with Crippen LogP contribution < -0.4 is 0 Å². The molecule has 0 unspecified atom stereocenters. The van der Waals surface area contributed by atoms with E-state index < -0.39 is 0 Å². The lowest BCUT2D eigenvalue weighted by Crippen LogP contribution is -1.90. The maximum Gasteiger partial charge on any atom is 0.0565 e. The molecule has 0 atom stereocenters. The normalized spacial score (nSPS) is 7.11. The van der Waals surface area contributed by atoms with Crippen molar-refractivity contribution in [3.05, 3.63) is 0 Å². The second kappa shape index (κ2) is 10.4. The summed E-state index contributed by atoms with van der Waals surface area (Å²) in [5.41, 5.74) is 0.861. The molecule has 56 valence electrons. The molecule has 0 rings (SSSR count). The molecular weight excluding hydrogens is 118 g/mol. The Kier molecular flexibility index (Phi) is 13.0. The summed E-state index contributed by atoms with van der Waals surface area (Å²) in [6.07, 6.45) is 1.71. The lowest BCUT2D eigenvalue weighted by atomic mass is 10.2. The van der Waals surface area contributed by atoms with Crippen molar-refractivity contribution >= 4 is 5.71 Å². The number of hydrogen-bond acceptors (Lipinski definition) is 3. The summed E-state index contributed by atoms with van der Waals surface area (Å²) in [4.78, 5) is 0. The smallest absolute Gasteiger partial charge is 0.0565 e. The van der Waals surface area contributed by atoms with E-state index in [9.17, 15) is 0 Å². The van der Waals surface area contributed by atoms with Gasteiger partial charge in [0.25, 0.3) is 0 Å². The summed E-state index contributed by atoms with van der Waals surface area (Å²) in [7, 11) is 1.00. The van der Waals surface area contributed by atoms with Crippen molar-refractivity contribution in [3.63, 3.8) is 0 Å². The van der Waals surface area contributed by atoms with Crippen LogP contribution in [0.25, 0.3) is 0 Å². The van der Waals surface area contributed by atoms with Crippen molar-refractivity contribution in [2.24, 2.45) is 5.16 Å². The molecule has 2 N–H and O–H groups in total. The second-order valence-electron chi connectivity index (χ2n) is 1.37. The fourth-order valence-electron chi connectivity index (χ4n) is 0.391. The highest BCUT2D eigenvalue weighted by Crippen LogP contribution is 1.87. The van der Waals surface area contributed by atoms with E-state index in [1.54, 1.807) is 0 Å². The molecule has 0 spiro atoms. The van der Waals surface area contributed by atoms with Gasteiger partial charge in [0, 0.05) is 7.11 Å². The van der Waals surface area contributed by atoms with Gasteiger partial charge in [-0.15, -0.1) is 0 Å². The Morgan fingerprint density at radius 1 is 1.22 bits per heavy atom. The van der Waals surface area contributed by atoms with Gasteiger partial charge >= 0.3 is 0 Å². The van der Waals surface area contributed by atoms with Crippen LogP contribution in [0.15, 0.2) is 5.16 Å². The fourth-order valence-corrected chi connectivity index (χ4v) is 0.391. The van der Waals surface area contributed by atoms with E-state index in [1.807, 2.05) is 13.8 Å². The van der Waals surface area contributed by atoms with Crippen LogP contribution in [0.5, 0.6) is 0 Å². The van der Waals surface area contributed by atoms with Crippen molar-refractivity contribution in [1.29, 1.82) is 0 Å². The first-order valence-corrected chi connectivity index (χ1v) is 2.99. The van der Waals surface area contributed by atoms with Crippen molar-refractivity contribution in [2.45, 2.75) is 26.7 Å². The molecule has 0 aliphatic heterocycles. The van der Waals surface area contributed by atoms with E-state index in [2.05, 4.69) is 5.16 Å². The van der Waals surface area contributed by atoms with Crippen molar-refractivity contribution in [1.82, 2.24) is 0 Å². The van der Waals surface area contributed by atoms with Crippen LogP contribution >= 0.6 is 0 Å². The van der Waals surface area contributed by atoms with Crippen LogP contribution in [0.2, 0.25) is 0 Å². The molecule has 0 heterocycles. The summed E-state index contributed by atoms with van der Waals surface area (Å²) < 4.78 is 0. The van der Waals surface area contributed by atoms with Gasteiger partial charge in [0.1, 0.15) is 0 Å². The van der Waals surface area contributed by atoms with Crippen molar-refractivity contribution in [3.8, 4) is 0 Å². The van der Waals surface area contributed by atoms with Gasteiger partial charge in [-0.25, -0.2) is 0 Å². The van der Waals surface area contributed by atoms with E-state index >= 15 is 0 Å². The average molecular weight is 133 g/mol. The Hall–Kier alpha value is -0.570. The summed E-state index contributed by atoms with van der Waals surface area (Å²) in [5.74, 6) is 0. The van der Waals surface area contributed by atoms with E-state index in [-0.39, 0.29) is 0 Å². The Morgan fingerprint density at radius 3 is 1.56 bits per heavy atom. The van der Waals surface area contributed by atoms with Crippen LogP contribution in [0.3, 0.4) is 0 Å². The Morgan fingerprint density at radius 2 is 1.56 bits per heavy atom. The molecule has 0 aliphatic rings. The van der Waals surface area contributed by atoms with Gasteiger partial charge in [-0.05, 0) is 12.8 Å². The van der Waals surface area contributed by atoms with Crippen molar-refractivity contribution < 1.29 is 10.3 Å². The van der Waals surface area contributed by atoms with Gasteiger partial charge in [-0.3, -0.25) is 0 Å². The summed E-state index contributed by atoms with van der Waals surface area (Å²) in [6.45, 7) is 3.94. The molecule has 0 aromatic rings. The minimum absolute atomic E-state index is 0.854. The van der Waals surface area contributed by atoms with Crippen LogP contribution in [-0.2, 0) is 0 Å². The molecular formula is C6H15NO2. The van der Waals surface area contributed by atoms with Gasteiger partial charge in [-0.1, -0.05) is 19.0 Å². The summed E-state index contributed by atoms with van der Waals surface area (Å²) >= 11 is 0. The molecule has 0 aromatic heterocycles. The highest BCUT2D eigenvalue weighted by atomic mass is 16.4. The Balaban J connectivity index is 0. The minimum Gasteiger partial charge on any atom is -0.411 e. The molecule has 0 fully saturated rings.